The van der Waals surface area contributed by atoms with E-state index in [0.717, 1.165) is 0 Å². The van der Waals surface area contributed by atoms with Crippen LogP contribution in [0.5, 0.6) is 5.75 Å². The SMILES string of the molecule is O=C(c1ccccc1F)c1ccc(O)c(Cl)c1Cl. The van der Waals surface area contributed by atoms with Crippen LogP contribution in [-0.2, 0) is 0 Å². The zero-order chi connectivity index (χ0) is 13.3. The Morgan fingerprint density at radius 2 is 1.67 bits per heavy atom. The number of aromatic hydroxyl groups is 1. The average Bonchev–Trinajstić information content (AvgIpc) is 2.36. The predicted octanol–water partition coefficient (Wildman–Crippen LogP) is 4.07. The van der Waals surface area contributed by atoms with E-state index in [0.29, 0.717) is 0 Å². The van der Waals surface area contributed by atoms with E-state index in [4.69, 9.17) is 23.2 Å². The van der Waals surface area contributed by atoms with Crippen LogP contribution in [0.2, 0.25) is 10.0 Å². The van der Waals surface area contributed by atoms with E-state index in [9.17, 15) is 14.3 Å². The first-order valence-corrected chi connectivity index (χ1v) is 5.74. The summed E-state index contributed by atoms with van der Waals surface area (Å²) in [7, 11) is 0. The molecule has 0 aliphatic carbocycles. The van der Waals surface area contributed by atoms with Crippen molar-refractivity contribution in [2.24, 2.45) is 0 Å². The minimum atomic E-state index is -0.636. The van der Waals surface area contributed by atoms with Crippen LogP contribution in [0.25, 0.3) is 0 Å². The molecule has 18 heavy (non-hydrogen) atoms. The summed E-state index contributed by atoms with van der Waals surface area (Å²) in [5.41, 5.74) is -0.0503. The van der Waals surface area contributed by atoms with Gasteiger partial charge in [-0.1, -0.05) is 35.3 Å². The fourth-order valence-electron chi connectivity index (χ4n) is 1.51. The highest BCUT2D eigenvalue weighted by Crippen LogP contribution is 2.34. The number of phenols is 1. The lowest BCUT2D eigenvalue weighted by Crippen LogP contribution is -2.05. The van der Waals surface area contributed by atoms with E-state index in [1.807, 2.05) is 0 Å². The Bertz CT molecular complexity index is 626. The van der Waals surface area contributed by atoms with Gasteiger partial charge < -0.3 is 5.11 Å². The molecule has 0 aromatic heterocycles. The van der Waals surface area contributed by atoms with Gasteiger partial charge in [0.15, 0.2) is 5.78 Å². The minimum Gasteiger partial charge on any atom is -0.506 e. The summed E-state index contributed by atoms with van der Waals surface area (Å²) in [6.07, 6.45) is 0. The summed E-state index contributed by atoms with van der Waals surface area (Å²) in [4.78, 5) is 12.1. The van der Waals surface area contributed by atoms with Gasteiger partial charge in [-0.3, -0.25) is 4.79 Å². The zero-order valence-corrected chi connectivity index (χ0v) is 10.5. The van der Waals surface area contributed by atoms with Gasteiger partial charge in [0.25, 0.3) is 0 Å². The normalized spacial score (nSPS) is 10.4. The van der Waals surface area contributed by atoms with Crippen LogP contribution in [0.4, 0.5) is 4.39 Å². The molecule has 0 radical (unpaired) electrons. The number of carbonyl (C=O) groups excluding carboxylic acids is 1. The third-order valence-corrected chi connectivity index (χ3v) is 3.30. The highest BCUT2D eigenvalue weighted by atomic mass is 35.5. The quantitative estimate of drug-likeness (QED) is 0.844. The lowest BCUT2D eigenvalue weighted by Gasteiger charge is -2.07. The number of benzene rings is 2. The Balaban J connectivity index is 2.54. The van der Waals surface area contributed by atoms with Crippen molar-refractivity contribution in [3.05, 3.63) is 63.4 Å². The van der Waals surface area contributed by atoms with Crippen molar-refractivity contribution in [2.75, 3.05) is 0 Å². The van der Waals surface area contributed by atoms with Gasteiger partial charge in [-0.05, 0) is 24.3 Å². The van der Waals surface area contributed by atoms with Crippen molar-refractivity contribution in [3.63, 3.8) is 0 Å². The standard InChI is InChI=1S/C13H7Cl2FO2/c14-11-8(5-6-10(17)12(11)15)13(18)7-3-1-2-4-9(7)16/h1-6,17H. The van der Waals surface area contributed by atoms with Gasteiger partial charge in [-0.25, -0.2) is 4.39 Å². The van der Waals surface area contributed by atoms with Crippen LogP contribution in [0, 0.1) is 5.82 Å². The first kappa shape index (κ1) is 12.9. The average molecular weight is 285 g/mol. The smallest absolute Gasteiger partial charge is 0.197 e. The van der Waals surface area contributed by atoms with E-state index >= 15 is 0 Å². The molecule has 0 spiro atoms. The maximum Gasteiger partial charge on any atom is 0.197 e. The lowest BCUT2D eigenvalue weighted by molar-refractivity contribution is 0.103. The highest BCUT2D eigenvalue weighted by Gasteiger charge is 2.19. The number of halogens is 3. The third kappa shape index (κ3) is 2.19. The molecule has 2 aromatic carbocycles. The van der Waals surface area contributed by atoms with E-state index in [1.54, 1.807) is 6.07 Å². The number of rotatable bonds is 2. The molecule has 5 heteroatoms. The van der Waals surface area contributed by atoms with E-state index in [2.05, 4.69) is 0 Å². The van der Waals surface area contributed by atoms with Crippen LogP contribution in [0.3, 0.4) is 0 Å². The molecule has 0 aliphatic rings. The summed E-state index contributed by atoms with van der Waals surface area (Å²) in [6.45, 7) is 0. The molecular weight excluding hydrogens is 278 g/mol. The molecule has 0 unspecified atom stereocenters. The number of hydrogen-bond donors (Lipinski definition) is 1. The van der Waals surface area contributed by atoms with E-state index in [-0.39, 0.29) is 26.9 Å². The molecule has 0 fully saturated rings. The first-order valence-electron chi connectivity index (χ1n) is 4.98. The Morgan fingerprint density at radius 3 is 2.33 bits per heavy atom. The topological polar surface area (TPSA) is 37.3 Å². The Hall–Kier alpha value is -1.58. The van der Waals surface area contributed by atoms with Crippen LogP contribution < -0.4 is 0 Å². The minimum absolute atomic E-state index is 0.0459. The first-order chi connectivity index (χ1) is 8.52. The van der Waals surface area contributed by atoms with Gasteiger partial charge in [-0.2, -0.15) is 0 Å². The van der Waals surface area contributed by atoms with Crippen LogP contribution in [-0.4, -0.2) is 10.9 Å². The molecule has 0 amide bonds. The fraction of sp³-hybridized carbons (Fsp3) is 0. The number of phenolic OH excluding ortho intramolecular Hbond substituents is 1. The number of hydrogen-bond acceptors (Lipinski definition) is 2. The molecule has 0 saturated carbocycles. The second kappa shape index (κ2) is 4.96. The molecule has 2 aromatic rings. The van der Waals surface area contributed by atoms with Crippen molar-refractivity contribution in [1.82, 2.24) is 0 Å². The second-order valence-corrected chi connectivity index (χ2v) is 4.33. The summed E-state index contributed by atoms with van der Waals surface area (Å²) < 4.78 is 13.5. The third-order valence-electron chi connectivity index (χ3n) is 2.43. The molecule has 0 bridgehead atoms. The van der Waals surface area contributed by atoms with Gasteiger partial charge in [0, 0.05) is 5.56 Å². The maximum atomic E-state index is 13.5. The van der Waals surface area contributed by atoms with Crippen molar-refractivity contribution in [2.45, 2.75) is 0 Å². The Kier molecular flexibility index (Phi) is 3.55. The van der Waals surface area contributed by atoms with Gasteiger partial charge >= 0.3 is 0 Å². The molecule has 92 valence electrons. The molecule has 0 aliphatic heterocycles. The predicted molar refractivity (Wildman–Crippen MR) is 68.0 cm³/mol. The molecule has 2 rings (SSSR count). The summed E-state index contributed by atoms with van der Waals surface area (Å²) in [6, 6.07) is 8.11. The molecule has 1 N–H and O–H groups in total. The van der Waals surface area contributed by atoms with E-state index in [1.165, 1.54) is 30.3 Å². The maximum absolute atomic E-state index is 13.5. The molecule has 0 saturated heterocycles. The summed E-state index contributed by atoms with van der Waals surface area (Å²) in [5, 5.41) is 9.11. The Morgan fingerprint density at radius 1 is 1.00 bits per heavy atom. The fourth-order valence-corrected chi connectivity index (χ4v) is 1.92. The number of carbonyl (C=O) groups is 1. The monoisotopic (exact) mass is 284 g/mol. The zero-order valence-electron chi connectivity index (χ0n) is 8.95. The van der Waals surface area contributed by atoms with Crippen molar-refractivity contribution in [3.8, 4) is 5.75 Å². The van der Waals surface area contributed by atoms with Crippen LogP contribution in [0.15, 0.2) is 36.4 Å². The molecular formula is C13H7Cl2FO2. The largest absolute Gasteiger partial charge is 0.506 e. The van der Waals surface area contributed by atoms with Gasteiger partial charge in [0.05, 0.1) is 10.6 Å². The van der Waals surface area contributed by atoms with Crippen LogP contribution in [0.1, 0.15) is 15.9 Å². The second-order valence-electron chi connectivity index (χ2n) is 3.57. The van der Waals surface area contributed by atoms with Crippen molar-refractivity contribution < 1.29 is 14.3 Å². The summed E-state index contributed by atoms with van der Waals surface area (Å²) in [5.74, 6) is -1.45. The summed E-state index contributed by atoms with van der Waals surface area (Å²) >= 11 is 11.6. The van der Waals surface area contributed by atoms with Gasteiger partial charge in [-0.15, -0.1) is 0 Å². The van der Waals surface area contributed by atoms with Gasteiger partial charge in [0.1, 0.15) is 16.6 Å². The Labute approximate surface area is 113 Å². The lowest BCUT2D eigenvalue weighted by atomic mass is 10.0. The van der Waals surface area contributed by atoms with E-state index < -0.39 is 11.6 Å². The van der Waals surface area contributed by atoms with Crippen molar-refractivity contribution in [1.29, 1.82) is 0 Å². The van der Waals surface area contributed by atoms with Gasteiger partial charge in [0.2, 0.25) is 0 Å². The molecule has 0 atom stereocenters. The van der Waals surface area contributed by atoms with Crippen LogP contribution >= 0.6 is 23.2 Å². The highest BCUT2D eigenvalue weighted by molar-refractivity contribution is 6.45. The number of ketones is 1. The molecule has 0 heterocycles. The van der Waals surface area contributed by atoms with Crippen molar-refractivity contribution >= 4 is 29.0 Å². The molecule has 2 nitrogen and oxygen atoms in total.